The minimum atomic E-state index is -3.27. The molecule has 4 heteroatoms. The second kappa shape index (κ2) is 4.07. The van der Waals surface area contributed by atoms with Gasteiger partial charge in [-0.2, -0.15) is 8.42 Å². The van der Waals surface area contributed by atoms with E-state index in [2.05, 4.69) is 0 Å². The van der Waals surface area contributed by atoms with Crippen LogP contribution in [0.25, 0.3) is 0 Å². The van der Waals surface area contributed by atoms with Gasteiger partial charge in [-0.3, -0.25) is 4.18 Å². The molecular formula is C7H16O3S. The monoisotopic (exact) mass is 180 g/mol. The maximum Gasteiger partial charge on any atom is 0.264 e. The van der Waals surface area contributed by atoms with Crippen molar-refractivity contribution in [1.29, 1.82) is 0 Å². The molecule has 68 valence electrons. The predicted octanol–water partition coefficient (Wildman–Crippen LogP) is 1.40. The SMILES string of the molecule is CC(C)C[C@@H](C)OS(C)(=O)=O. The van der Waals surface area contributed by atoms with E-state index < -0.39 is 10.1 Å². The van der Waals surface area contributed by atoms with Crippen LogP contribution in [0.2, 0.25) is 0 Å². The Morgan fingerprint density at radius 3 is 2.00 bits per heavy atom. The fourth-order valence-electron chi connectivity index (χ4n) is 1.00. The molecule has 0 unspecified atom stereocenters. The van der Waals surface area contributed by atoms with Gasteiger partial charge in [-0.05, 0) is 19.3 Å². The smallest absolute Gasteiger partial charge is 0.264 e. The summed E-state index contributed by atoms with van der Waals surface area (Å²) in [7, 11) is -3.27. The van der Waals surface area contributed by atoms with Crippen molar-refractivity contribution >= 4 is 10.1 Å². The Morgan fingerprint density at radius 2 is 1.73 bits per heavy atom. The number of hydrogen-bond acceptors (Lipinski definition) is 3. The molecule has 0 saturated heterocycles. The molecule has 0 amide bonds. The molecule has 0 bridgehead atoms. The van der Waals surface area contributed by atoms with Gasteiger partial charge < -0.3 is 0 Å². The fraction of sp³-hybridized carbons (Fsp3) is 1.00. The van der Waals surface area contributed by atoms with Crippen molar-refractivity contribution in [3.05, 3.63) is 0 Å². The van der Waals surface area contributed by atoms with Crippen molar-refractivity contribution in [2.45, 2.75) is 33.3 Å². The van der Waals surface area contributed by atoms with E-state index in [1.165, 1.54) is 0 Å². The minimum Gasteiger partial charge on any atom is -0.267 e. The van der Waals surface area contributed by atoms with E-state index in [9.17, 15) is 8.42 Å². The average Bonchev–Trinajstić information content (AvgIpc) is 1.53. The molecule has 0 rings (SSSR count). The third kappa shape index (κ3) is 7.81. The van der Waals surface area contributed by atoms with E-state index in [0.29, 0.717) is 5.92 Å². The summed E-state index contributed by atoms with van der Waals surface area (Å²) in [6.45, 7) is 5.82. The first-order valence-corrected chi connectivity index (χ1v) is 5.51. The lowest BCUT2D eigenvalue weighted by molar-refractivity contribution is 0.202. The molecule has 0 aromatic carbocycles. The second-order valence-electron chi connectivity index (χ2n) is 3.24. The highest BCUT2D eigenvalue weighted by Gasteiger charge is 2.11. The van der Waals surface area contributed by atoms with Gasteiger partial charge in [-0.1, -0.05) is 13.8 Å². The van der Waals surface area contributed by atoms with Crippen molar-refractivity contribution in [3.8, 4) is 0 Å². The molecule has 0 aliphatic heterocycles. The van der Waals surface area contributed by atoms with E-state index >= 15 is 0 Å². The van der Waals surface area contributed by atoms with Crippen LogP contribution in [0.5, 0.6) is 0 Å². The van der Waals surface area contributed by atoms with Gasteiger partial charge in [0.2, 0.25) is 0 Å². The summed E-state index contributed by atoms with van der Waals surface area (Å²) < 4.78 is 25.9. The summed E-state index contributed by atoms with van der Waals surface area (Å²) in [5.41, 5.74) is 0. The molecule has 0 aliphatic rings. The van der Waals surface area contributed by atoms with Crippen LogP contribution >= 0.6 is 0 Å². The van der Waals surface area contributed by atoms with E-state index in [4.69, 9.17) is 4.18 Å². The summed E-state index contributed by atoms with van der Waals surface area (Å²) in [5.74, 6) is 0.465. The quantitative estimate of drug-likeness (QED) is 0.614. The van der Waals surface area contributed by atoms with Crippen LogP contribution in [0, 0.1) is 5.92 Å². The maximum absolute atomic E-state index is 10.6. The lowest BCUT2D eigenvalue weighted by atomic mass is 10.1. The molecule has 0 N–H and O–H groups in total. The van der Waals surface area contributed by atoms with Crippen molar-refractivity contribution in [2.75, 3.05) is 6.26 Å². The van der Waals surface area contributed by atoms with E-state index in [0.717, 1.165) is 12.7 Å². The van der Waals surface area contributed by atoms with Crippen LogP contribution in [0.1, 0.15) is 27.2 Å². The van der Waals surface area contributed by atoms with Gasteiger partial charge in [-0.25, -0.2) is 0 Å². The van der Waals surface area contributed by atoms with Gasteiger partial charge >= 0.3 is 0 Å². The summed E-state index contributed by atoms with van der Waals surface area (Å²) in [6.07, 6.45) is 1.64. The Hall–Kier alpha value is -0.0900. The zero-order chi connectivity index (χ0) is 9.07. The minimum absolute atomic E-state index is 0.204. The molecular weight excluding hydrogens is 164 g/mol. The molecule has 0 aromatic rings. The molecule has 0 aromatic heterocycles. The molecule has 3 nitrogen and oxygen atoms in total. The highest BCUT2D eigenvalue weighted by atomic mass is 32.2. The highest BCUT2D eigenvalue weighted by molar-refractivity contribution is 7.86. The molecule has 0 heterocycles. The molecule has 0 fully saturated rings. The molecule has 0 spiro atoms. The van der Waals surface area contributed by atoms with Crippen LogP contribution in [-0.2, 0) is 14.3 Å². The van der Waals surface area contributed by atoms with E-state index in [1.807, 2.05) is 13.8 Å². The zero-order valence-corrected chi connectivity index (χ0v) is 8.31. The lowest BCUT2D eigenvalue weighted by Crippen LogP contribution is -2.15. The van der Waals surface area contributed by atoms with Crippen LogP contribution in [0.15, 0.2) is 0 Å². The third-order valence-corrected chi connectivity index (χ3v) is 1.82. The van der Waals surface area contributed by atoms with Gasteiger partial charge in [0.25, 0.3) is 10.1 Å². The lowest BCUT2D eigenvalue weighted by Gasteiger charge is -2.12. The molecule has 1 atom stereocenters. The summed E-state index contributed by atoms with van der Waals surface area (Å²) >= 11 is 0. The zero-order valence-electron chi connectivity index (χ0n) is 7.49. The van der Waals surface area contributed by atoms with Crippen LogP contribution in [0.3, 0.4) is 0 Å². The van der Waals surface area contributed by atoms with Crippen LogP contribution in [-0.4, -0.2) is 20.8 Å². The number of hydrogen-bond donors (Lipinski definition) is 0. The van der Waals surface area contributed by atoms with Crippen LogP contribution in [0.4, 0.5) is 0 Å². The topological polar surface area (TPSA) is 43.4 Å². The maximum atomic E-state index is 10.6. The van der Waals surface area contributed by atoms with Gasteiger partial charge in [0.05, 0.1) is 12.4 Å². The molecule has 0 aliphatic carbocycles. The van der Waals surface area contributed by atoms with Gasteiger partial charge in [0.1, 0.15) is 0 Å². The fourth-order valence-corrected chi connectivity index (χ4v) is 1.68. The average molecular weight is 180 g/mol. The molecule has 11 heavy (non-hydrogen) atoms. The Labute approximate surface area is 68.9 Å². The summed E-state index contributed by atoms with van der Waals surface area (Å²) in [4.78, 5) is 0. The first kappa shape index (κ1) is 10.9. The highest BCUT2D eigenvalue weighted by Crippen LogP contribution is 2.09. The summed E-state index contributed by atoms with van der Waals surface area (Å²) in [6, 6.07) is 0. The first-order chi connectivity index (χ1) is 4.81. The molecule has 0 saturated carbocycles. The van der Waals surface area contributed by atoms with Crippen LogP contribution < -0.4 is 0 Å². The predicted molar refractivity (Wildman–Crippen MR) is 44.8 cm³/mol. The van der Waals surface area contributed by atoms with E-state index in [-0.39, 0.29) is 6.10 Å². The van der Waals surface area contributed by atoms with E-state index in [1.54, 1.807) is 6.92 Å². The standard InChI is InChI=1S/C7H16O3S/c1-6(2)5-7(3)10-11(4,8)9/h6-7H,5H2,1-4H3/t7-/m1/s1. The normalized spacial score (nSPS) is 15.4. The Morgan fingerprint density at radius 1 is 1.27 bits per heavy atom. The van der Waals surface area contributed by atoms with Gasteiger partial charge in [0, 0.05) is 0 Å². The Kier molecular flexibility index (Phi) is 4.03. The third-order valence-electron chi connectivity index (χ3n) is 1.14. The second-order valence-corrected chi connectivity index (χ2v) is 4.84. The van der Waals surface area contributed by atoms with Crippen molar-refractivity contribution in [2.24, 2.45) is 5.92 Å². The number of rotatable bonds is 4. The summed E-state index contributed by atoms with van der Waals surface area (Å²) in [5, 5.41) is 0. The van der Waals surface area contributed by atoms with Gasteiger partial charge in [-0.15, -0.1) is 0 Å². The van der Waals surface area contributed by atoms with Crippen molar-refractivity contribution in [3.63, 3.8) is 0 Å². The Bertz CT molecular complexity index is 194. The molecule has 0 radical (unpaired) electrons. The van der Waals surface area contributed by atoms with Crippen molar-refractivity contribution in [1.82, 2.24) is 0 Å². The largest absolute Gasteiger partial charge is 0.267 e. The Balaban J connectivity index is 3.80. The first-order valence-electron chi connectivity index (χ1n) is 3.69. The van der Waals surface area contributed by atoms with Gasteiger partial charge in [0.15, 0.2) is 0 Å². The van der Waals surface area contributed by atoms with Crippen molar-refractivity contribution < 1.29 is 12.6 Å².